The van der Waals surface area contributed by atoms with Crippen LogP contribution in [0.5, 0.6) is 0 Å². The Morgan fingerprint density at radius 1 is 1.27 bits per heavy atom. The van der Waals surface area contributed by atoms with Crippen molar-refractivity contribution in [1.82, 2.24) is 15.1 Å². The highest BCUT2D eigenvalue weighted by molar-refractivity contribution is 5.55. The Hall–Kier alpha value is -3.27. The molecule has 130 valence electrons. The van der Waals surface area contributed by atoms with E-state index in [1.165, 1.54) is 12.1 Å². The lowest BCUT2D eigenvalue weighted by molar-refractivity contribution is 0.333. The molecule has 2 aromatic heterocycles. The number of nitriles is 1. The number of aromatic nitrogens is 3. The van der Waals surface area contributed by atoms with Gasteiger partial charge in [-0.25, -0.2) is 9.37 Å². The first-order valence-corrected chi connectivity index (χ1v) is 8.44. The maximum absolute atomic E-state index is 13.4. The lowest BCUT2D eigenvalue weighted by atomic mass is 9.97. The summed E-state index contributed by atoms with van der Waals surface area (Å²) in [6.07, 6.45) is 3.54. The maximum Gasteiger partial charge on any atom is 0.231 e. The molecule has 1 aliphatic rings. The molecule has 0 saturated carbocycles. The van der Waals surface area contributed by atoms with E-state index in [9.17, 15) is 9.65 Å². The second kappa shape index (κ2) is 6.92. The molecule has 6 nitrogen and oxygen atoms in total. The molecule has 1 aromatic carbocycles. The minimum Gasteiger partial charge on any atom is -0.355 e. The summed E-state index contributed by atoms with van der Waals surface area (Å²) in [6, 6.07) is 11.8. The van der Waals surface area contributed by atoms with Crippen LogP contribution in [0.1, 0.15) is 30.2 Å². The first-order chi connectivity index (χ1) is 12.7. The van der Waals surface area contributed by atoms with Crippen LogP contribution in [0, 0.1) is 17.1 Å². The largest absolute Gasteiger partial charge is 0.355 e. The standard InChI is InChI=1S/C19H16FN5O/c20-16-7-1-4-13(10-16)17-23-19(26-24-17)15-6-3-9-25(12-15)18-14(11-21)5-2-8-22-18/h1-2,4-5,7-8,10,15H,3,6,9,12H2. The number of hydrogen-bond acceptors (Lipinski definition) is 6. The Morgan fingerprint density at radius 3 is 3.04 bits per heavy atom. The zero-order chi connectivity index (χ0) is 17.9. The van der Waals surface area contributed by atoms with Gasteiger partial charge in [-0.15, -0.1) is 0 Å². The monoisotopic (exact) mass is 349 g/mol. The third kappa shape index (κ3) is 3.14. The Morgan fingerprint density at radius 2 is 2.19 bits per heavy atom. The van der Waals surface area contributed by atoms with Crippen molar-refractivity contribution in [3.05, 3.63) is 59.9 Å². The fourth-order valence-corrected chi connectivity index (χ4v) is 3.25. The molecule has 0 N–H and O–H groups in total. The van der Waals surface area contributed by atoms with Crippen molar-refractivity contribution in [1.29, 1.82) is 5.26 Å². The fraction of sp³-hybridized carbons (Fsp3) is 0.263. The summed E-state index contributed by atoms with van der Waals surface area (Å²) in [5, 5.41) is 13.3. The van der Waals surface area contributed by atoms with Crippen LogP contribution in [0.4, 0.5) is 10.2 Å². The maximum atomic E-state index is 13.4. The summed E-state index contributed by atoms with van der Waals surface area (Å²) in [5.41, 5.74) is 1.14. The Balaban J connectivity index is 1.56. The summed E-state index contributed by atoms with van der Waals surface area (Å²) in [5.74, 6) is 1.31. The van der Waals surface area contributed by atoms with E-state index in [-0.39, 0.29) is 11.7 Å². The molecule has 4 rings (SSSR count). The molecule has 0 spiro atoms. The molecule has 7 heteroatoms. The lowest BCUT2D eigenvalue weighted by Gasteiger charge is -2.32. The molecule has 1 fully saturated rings. The third-order valence-electron chi connectivity index (χ3n) is 4.50. The summed E-state index contributed by atoms with van der Waals surface area (Å²) in [6.45, 7) is 1.48. The van der Waals surface area contributed by atoms with Gasteiger partial charge in [0.05, 0.1) is 11.5 Å². The summed E-state index contributed by atoms with van der Waals surface area (Å²) in [7, 11) is 0. The zero-order valence-electron chi connectivity index (χ0n) is 14.0. The van der Waals surface area contributed by atoms with Crippen LogP contribution in [-0.4, -0.2) is 28.2 Å². The number of piperidine rings is 1. The van der Waals surface area contributed by atoms with Crippen LogP contribution in [0.3, 0.4) is 0 Å². The molecular formula is C19H16FN5O. The van der Waals surface area contributed by atoms with E-state index in [2.05, 4.69) is 26.1 Å². The first-order valence-electron chi connectivity index (χ1n) is 8.44. The van der Waals surface area contributed by atoms with Gasteiger partial charge in [-0.2, -0.15) is 10.2 Å². The van der Waals surface area contributed by atoms with Gasteiger partial charge < -0.3 is 9.42 Å². The van der Waals surface area contributed by atoms with Gasteiger partial charge in [0.25, 0.3) is 0 Å². The van der Waals surface area contributed by atoms with Gasteiger partial charge in [0.2, 0.25) is 11.7 Å². The van der Waals surface area contributed by atoms with Crippen molar-refractivity contribution in [3.63, 3.8) is 0 Å². The van der Waals surface area contributed by atoms with Gasteiger partial charge in [-0.05, 0) is 37.1 Å². The van der Waals surface area contributed by atoms with Crippen molar-refractivity contribution in [3.8, 4) is 17.5 Å². The van der Waals surface area contributed by atoms with Crippen molar-refractivity contribution in [2.75, 3.05) is 18.0 Å². The van der Waals surface area contributed by atoms with E-state index >= 15 is 0 Å². The fourth-order valence-electron chi connectivity index (χ4n) is 3.25. The van der Waals surface area contributed by atoms with Crippen molar-refractivity contribution < 1.29 is 8.91 Å². The number of halogens is 1. The highest BCUT2D eigenvalue weighted by atomic mass is 19.1. The minimum atomic E-state index is -0.336. The van der Waals surface area contributed by atoms with Gasteiger partial charge in [0.1, 0.15) is 17.7 Å². The van der Waals surface area contributed by atoms with Gasteiger partial charge in [-0.3, -0.25) is 0 Å². The van der Waals surface area contributed by atoms with Gasteiger partial charge >= 0.3 is 0 Å². The summed E-state index contributed by atoms with van der Waals surface area (Å²) < 4.78 is 18.8. The minimum absolute atomic E-state index is 0.0482. The van der Waals surface area contributed by atoms with Crippen LogP contribution in [0.2, 0.25) is 0 Å². The molecule has 26 heavy (non-hydrogen) atoms. The normalized spacial score (nSPS) is 17.1. The van der Waals surface area contributed by atoms with Crippen LogP contribution in [0.15, 0.2) is 47.1 Å². The molecule has 0 aliphatic carbocycles. The Labute approximate surface area is 149 Å². The third-order valence-corrected chi connectivity index (χ3v) is 4.50. The van der Waals surface area contributed by atoms with Crippen molar-refractivity contribution >= 4 is 5.82 Å². The molecule has 0 amide bonds. The number of nitrogens with zero attached hydrogens (tertiary/aromatic N) is 5. The highest BCUT2D eigenvalue weighted by Crippen LogP contribution is 2.30. The molecule has 1 unspecified atom stereocenters. The molecule has 3 aromatic rings. The van der Waals surface area contributed by atoms with Crippen molar-refractivity contribution in [2.24, 2.45) is 0 Å². The quantitative estimate of drug-likeness (QED) is 0.720. The number of anilines is 1. The van der Waals surface area contributed by atoms with Crippen LogP contribution in [0.25, 0.3) is 11.4 Å². The van der Waals surface area contributed by atoms with E-state index in [1.54, 1.807) is 30.5 Å². The number of rotatable bonds is 3. The summed E-state index contributed by atoms with van der Waals surface area (Å²) in [4.78, 5) is 10.9. The molecule has 3 heterocycles. The number of benzene rings is 1. The van der Waals surface area contributed by atoms with Gasteiger partial charge in [0, 0.05) is 24.8 Å². The van der Waals surface area contributed by atoms with E-state index < -0.39 is 0 Å². The lowest BCUT2D eigenvalue weighted by Crippen LogP contribution is -2.35. The average Bonchev–Trinajstić information content (AvgIpc) is 3.18. The zero-order valence-corrected chi connectivity index (χ0v) is 14.0. The highest BCUT2D eigenvalue weighted by Gasteiger charge is 2.28. The molecule has 1 saturated heterocycles. The molecule has 1 atom stereocenters. The van der Waals surface area contributed by atoms with Gasteiger partial charge in [-0.1, -0.05) is 17.3 Å². The molecule has 0 radical (unpaired) electrons. The second-order valence-corrected chi connectivity index (χ2v) is 6.24. The van der Waals surface area contributed by atoms with E-state index in [0.717, 1.165) is 19.4 Å². The molecule has 0 bridgehead atoms. The Kier molecular flexibility index (Phi) is 4.32. The van der Waals surface area contributed by atoms with E-state index in [4.69, 9.17) is 4.52 Å². The average molecular weight is 349 g/mol. The van der Waals surface area contributed by atoms with Crippen LogP contribution in [-0.2, 0) is 0 Å². The number of pyridine rings is 1. The van der Waals surface area contributed by atoms with Crippen LogP contribution < -0.4 is 4.90 Å². The SMILES string of the molecule is N#Cc1cccnc1N1CCCC(c2nc(-c3cccc(F)c3)no2)C1. The number of hydrogen-bond donors (Lipinski definition) is 0. The predicted octanol–water partition coefficient (Wildman–Crippen LogP) is 3.53. The van der Waals surface area contributed by atoms with E-state index in [1.807, 2.05) is 0 Å². The van der Waals surface area contributed by atoms with Crippen molar-refractivity contribution in [2.45, 2.75) is 18.8 Å². The summed E-state index contributed by atoms with van der Waals surface area (Å²) >= 11 is 0. The van der Waals surface area contributed by atoms with E-state index in [0.29, 0.717) is 35.2 Å². The molecule has 1 aliphatic heterocycles. The topological polar surface area (TPSA) is 78.8 Å². The second-order valence-electron chi connectivity index (χ2n) is 6.24. The smallest absolute Gasteiger partial charge is 0.231 e. The molecular weight excluding hydrogens is 333 g/mol. The first kappa shape index (κ1) is 16.2. The Bertz CT molecular complexity index is 964. The van der Waals surface area contributed by atoms with Crippen LogP contribution >= 0.6 is 0 Å². The predicted molar refractivity (Wildman–Crippen MR) is 92.8 cm³/mol. The van der Waals surface area contributed by atoms with Gasteiger partial charge in [0.15, 0.2) is 0 Å².